The van der Waals surface area contributed by atoms with Gasteiger partial charge >= 0.3 is 0 Å². The van der Waals surface area contributed by atoms with E-state index in [9.17, 15) is 9.90 Å². The molecular weight excluding hydrogens is 354 g/mol. The van der Waals surface area contributed by atoms with Crippen molar-refractivity contribution in [2.75, 3.05) is 28.3 Å². The molecule has 3 aromatic carbocycles. The van der Waals surface area contributed by atoms with Crippen LogP contribution in [0.2, 0.25) is 0 Å². The van der Waals surface area contributed by atoms with Gasteiger partial charge in [0.1, 0.15) is 17.2 Å². The topological polar surface area (TPSA) is 59.0 Å². The second kappa shape index (κ2) is 8.21. The quantitative estimate of drug-likeness (QED) is 0.698. The van der Waals surface area contributed by atoms with Crippen LogP contribution in [0, 0.1) is 0 Å². The van der Waals surface area contributed by atoms with Crippen molar-refractivity contribution in [2.24, 2.45) is 0 Å². The molecule has 0 fully saturated rings. The molecule has 1 amide bonds. The molecule has 3 aromatic rings. The SMILES string of the molecule is COc1ccc(C(CC(=O)N(C)C)c2ccc3c(OC)cccc3c2O)cc1. The number of aromatic hydroxyl groups is 1. The van der Waals surface area contributed by atoms with Crippen molar-refractivity contribution in [2.45, 2.75) is 12.3 Å². The molecule has 1 N–H and O–H groups in total. The molecule has 1 atom stereocenters. The van der Waals surface area contributed by atoms with Gasteiger partial charge in [-0.2, -0.15) is 0 Å². The molecule has 0 heterocycles. The zero-order chi connectivity index (χ0) is 20.3. The third-order valence-electron chi connectivity index (χ3n) is 5.02. The number of carbonyl (C=O) groups is 1. The van der Waals surface area contributed by atoms with Crippen molar-refractivity contribution in [3.05, 3.63) is 65.7 Å². The molecule has 0 saturated carbocycles. The second-order valence-corrected chi connectivity index (χ2v) is 6.88. The molecule has 5 heteroatoms. The maximum Gasteiger partial charge on any atom is 0.223 e. The minimum absolute atomic E-state index is 0.00837. The molecule has 0 saturated heterocycles. The first-order valence-corrected chi connectivity index (χ1v) is 9.09. The van der Waals surface area contributed by atoms with E-state index in [1.807, 2.05) is 54.6 Å². The highest BCUT2D eigenvalue weighted by atomic mass is 16.5. The number of nitrogens with zero attached hydrogens (tertiary/aromatic N) is 1. The highest BCUT2D eigenvalue weighted by Crippen LogP contribution is 2.41. The van der Waals surface area contributed by atoms with Crippen molar-refractivity contribution in [3.63, 3.8) is 0 Å². The molecule has 0 aliphatic heterocycles. The standard InChI is InChI=1S/C23H25NO4/c1-24(2)22(25)14-20(15-8-10-16(27-3)11-9-15)19-13-12-17-18(23(19)26)6-5-7-21(17)28-4/h5-13,20,26H,14H2,1-4H3. The monoisotopic (exact) mass is 379 g/mol. The minimum atomic E-state index is -0.281. The Hall–Kier alpha value is -3.21. The number of ether oxygens (including phenoxy) is 2. The number of fused-ring (bicyclic) bond motifs is 1. The highest BCUT2D eigenvalue weighted by Gasteiger charge is 2.23. The molecule has 0 spiro atoms. The average Bonchev–Trinajstić information content (AvgIpc) is 2.72. The van der Waals surface area contributed by atoms with E-state index in [1.54, 1.807) is 33.2 Å². The number of hydrogen-bond acceptors (Lipinski definition) is 4. The van der Waals surface area contributed by atoms with Crippen LogP contribution in [-0.2, 0) is 4.79 Å². The molecule has 1 unspecified atom stereocenters. The average molecular weight is 379 g/mol. The van der Waals surface area contributed by atoms with Gasteiger partial charge in [-0.25, -0.2) is 0 Å². The number of benzene rings is 3. The molecule has 28 heavy (non-hydrogen) atoms. The third kappa shape index (κ3) is 3.74. The molecule has 0 aliphatic rings. The van der Waals surface area contributed by atoms with Crippen LogP contribution in [0.5, 0.6) is 17.2 Å². The molecule has 146 valence electrons. The van der Waals surface area contributed by atoms with E-state index in [4.69, 9.17) is 9.47 Å². The zero-order valence-electron chi connectivity index (χ0n) is 16.6. The molecule has 3 rings (SSSR count). The van der Waals surface area contributed by atoms with Gasteiger partial charge in [0, 0.05) is 42.8 Å². The number of methoxy groups -OCH3 is 2. The summed E-state index contributed by atoms with van der Waals surface area (Å²) in [6.07, 6.45) is 0.252. The Bertz CT molecular complexity index is 980. The smallest absolute Gasteiger partial charge is 0.223 e. The van der Waals surface area contributed by atoms with Gasteiger partial charge < -0.3 is 19.5 Å². The Morgan fingerprint density at radius 3 is 2.29 bits per heavy atom. The summed E-state index contributed by atoms with van der Waals surface area (Å²) in [4.78, 5) is 14.1. The van der Waals surface area contributed by atoms with Crippen molar-refractivity contribution in [3.8, 4) is 17.2 Å². The van der Waals surface area contributed by atoms with Crippen LogP contribution in [0.1, 0.15) is 23.5 Å². The summed E-state index contributed by atoms with van der Waals surface area (Å²) in [5, 5.41) is 12.6. The van der Waals surface area contributed by atoms with Crippen molar-refractivity contribution in [1.82, 2.24) is 4.90 Å². The zero-order valence-corrected chi connectivity index (χ0v) is 16.6. The number of carbonyl (C=O) groups excluding carboxylic acids is 1. The fraction of sp³-hybridized carbons (Fsp3) is 0.261. The Labute approximate surface area is 165 Å². The van der Waals surface area contributed by atoms with Gasteiger partial charge in [0.15, 0.2) is 0 Å². The van der Waals surface area contributed by atoms with E-state index in [0.29, 0.717) is 16.7 Å². The van der Waals surface area contributed by atoms with Crippen LogP contribution in [0.15, 0.2) is 54.6 Å². The van der Waals surface area contributed by atoms with Crippen molar-refractivity contribution < 1.29 is 19.4 Å². The molecule has 0 aliphatic carbocycles. The lowest BCUT2D eigenvalue weighted by molar-refractivity contribution is -0.128. The second-order valence-electron chi connectivity index (χ2n) is 6.88. The lowest BCUT2D eigenvalue weighted by Gasteiger charge is -2.22. The van der Waals surface area contributed by atoms with Gasteiger partial charge in [-0.3, -0.25) is 4.79 Å². The minimum Gasteiger partial charge on any atom is -0.507 e. The predicted molar refractivity (Wildman–Crippen MR) is 110 cm³/mol. The number of rotatable bonds is 6. The van der Waals surface area contributed by atoms with Crippen LogP contribution in [-0.4, -0.2) is 44.2 Å². The summed E-state index contributed by atoms with van der Waals surface area (Å²) >= 11 is 0. The van der Waals surface area contributed by atoms with Crippen LogP contribution in [0.25, 0.3) is 10.8 Å². The summed E-state index contributed by atoms with van der Waals surface area (Å²) in [6, 6.07) is 17.0. The Kier molecular flexibility index (Phi) is 5.73. The van der Waals surface area contributed by atoms with Crippen LogP contribution < -0.4 is 9.47 Å². The first-order valence-electron chi connectivity index (χ1n) is 9.09. The van der Waals surface area contributed by atoms with E-state index < -0.39 is 0 Å². The number of phenols is 1. The Morgan fingerprint density at radius 2 is 1.68 bits per heavy atom. The van der Waals surface area contributed by atoms with Crippen molar-refractivity contribution in [1.29, 1.82) is 0 Å². The van der Waals surface area contributed by atoms with Crippen LogP contribution >= 0.6 is 0 Å². The van der Waals surface area contributed by atoms with Gasteiger partial charge in [-0.15, -0.1) is 0 Å². The third-order valence-corrected chi connectivity index (χ3v) is 5.02. The van der Waals surface area contributed by atoms with Crippen LogP contribution in [0.3, 0.4) is 0 Å². The van der Waals surface area contributed by atoms with E-state index in [1.165, 1.54) is 0 Å². The molecule has 0 radical (unpaired) electrons. The summed E-state index contributed by atoms with van der Waals surface area (Å²) in [6.45, 7) is 0. The van der Waals surface area contributed by atoms with Gasteiger partial charge in [0.2, 0.25) is 5.91 Å². The lowest BCUT2D eigenvalue weighted by atomic mass is 9.86. The molecule has 5 nitrogen and oxygen atoms in total. The Balaban J connectivity index is 2.13. The lowest BCUT2D eigenvalue weighted by Crippen LogP contribution is -2.24. The van der Waals surface area contributed by atoms with E-state index in [2.05, 4.69) is 0 Å². The van der Waals surface area contributed by atoms with Gasteiger partial charge in [0.05, 0.1) is 14.2 Å². The number of hydrogen-bond donors (Lipinski definition) is 1. The van der Waals surface area contributed by atoms with E-state index in [0.717, 1.165) is 16.7 Å². The maximum atomic E-state index is 12.5. The maximum absolute atomic E-state index is 12.5. The first kappa shape index (κ1) is 19.5. The molecule has 0 bridgehead atoms. The number of phenolic OH excluding ortho intramolecular Hbond substituents is 1. The summed E-state index contributed by atoms with van der Waals surface area (Å²) in [7, 11) is 6.69. The van der Waals surface area contributed by atoms with Crippen molar-refractivity contribution >= 4 is 16.7 Å². The predicted octanol–water partition coefficient (Wildman–Crippen LogP) is 4.17. The largest absolute Gasteiger partial charge is 0.507 e. The van der Waals surface area contributed by atoms with Gasteiger partial charge in [-0.05, 0) is 23.8 Å². The summed E-state index contributed by atoms with van der Waals surface area (Å²) < 4.78 is 10.6. The highest BCUT2D eigenvalue weighted by molar-refractivity contribution is 5.94. The van der Waals surface area contributed by atoms with Crippen LogP contribution in [0.4, 0.5) is 0 Å². The molecule has 0 aromatic heterocycles. The van der Waals surface area contributed by atoms with E-state index >= 15 is 0 Å². The normalized spacial score (nSPS) is 11.9. The number of amides is 1. The molecular formula is C23H25NO4. The fourth-order valence-electron chi connectivity index (χ4n) is 3.39. The summed E-state index contributed by atoms with van der Waals surface area (Å²) in [5.74, 6) is 1.32. The van der Waals surface area contributed by atoms with Gasteiger partial charge in [-0.1, -0.05) is 36.4 Å². The summed E-state index contributed by atoms with van der Waals surface area (Å²) in [5.41, 5.74) is 1.65. The van der Waals surface area contributed by atoms with Gasteiger partial charge in [0.25, 0.3) is 0 Å². The van der Waals surface area contributed by atoms with E-state index in [-0.39, 0.29) is 24.0 Å². The Morgan fingerprint density at radius 1 is 0.964 bits per heavy atom. The fourth-order valence-corrected chi connectivity index (χ4v) is 3.39. The first-order chi connectivity index (χ1) is 13.5.